The molecule has 0 aliphatic heterocycles. The van der Waals surface area contributed by atoms with E-state index in [1.54, 1.807) is 0 Å². The highest BCUT2D eigenvalue weighted by molar-refractivity contribution is 6.43. The lowest BCUT2D eigenvalue weighted by Crippen LogP contribution is -2.40. The van der Waals surface area contributed by atoms with Crippen LogP contribution in [-0.2, 0) is 0 Å². The fourth-order valence-corrected chi connectivity index (χ4v) is 1.49. The first-order valence-electron chi connectivity index (χ1n) is 4.78. The van der Waals surface area contributed by atoms with E-state index in [4.69, 9.17) is 28.9 Å². The van der Waals surface area contributed by atoms with Gasteiger partial charge < -0.3 is 11.1 Å². The van der Waals surface area contributed by atoms with Crippen LogP contribution in [0.15, 0.2) is 12.1 Å². The van der Waals surface area contributed by atoms with Gasteiger partial charge in [-0.25, -0.2) is 0 Å². The summed E-state index contributed by atoms with van der Waals surface area (Å²) in [6.07, 6.45) is 0. The van der Waals surface area contributed by atoms with Crippen molar-refractivity contribution in [2.24, 2.45) is 0 Å². The molecule has 0 bridgehead atoms. The van der Waals surface area contributed by atoms with Crippen molar-refractivity contribution in [3.8, 4) is 0 Å². The van der Waals surface area contributed by atoms with Crippen LogP contribution in [0.5, 0.6) is 0 Å². The summed E-state index contributed by atoms with van der Waals surface area (Å²) in [4.78, 5) is 11.8. The summed E-state index contributed by atoms with van der Waals surface area (Å²) in [7, 11) is 0. The van der Waals surface area contributed by atoms with Gasteiger partial charge in [0.25, 0.3) is 5.91 Å². The highest BCUT2D eigenvalue weighted by Gasteiger charge is 2.17. The van der Waals surface area contributed by atoms with Crippen LogP contribution in [0, 0.1) is 0 Å². The Balaban J connectivity index is 3.02. The molecule has 0 saturated heterocycles. The number of amides is 1. The van der Waals surface area contributed by atoms with Crippen molar-refractivity contribution < 1.29 is 4.79 Å². The molecule has 0 heterocycles. The van der Waals surface area contributed by atoms with Crippen molar-refractivity contribution >= 4 is 34.8 Å². The molecule has 0 aliphatic carbocycles. The summed E-state index contributed by atoms with van der Waals surface area (Å²) in [5, 5.41) is 3.36. The first kappa shape index (κ1) is 13.1. The van der Waals surface area contributed by atoms with Gasteiger partial charge in [0.1, 0.15) is 0 Å². The SMILES string of the molecule is CC(C)(C)NC(=O)c1cc(N)c(Cl)c(Cl)c1. The van der Waals surface area contributed by atoms with Crippen LogP contribution in [0.4, 0.5) is 5.69 Å². The maximum Gasteiger partial charge on any atom is 0.251 e. The number of carbonyl (C=O) groups excluding carboxylic acids is 1. The first-order valence-corrected chi connectivity index (χ1v) is 5.53. The number of benzene rings is 1. The summed E-state index contributed by atoms with van der Waals surface area (Å²) in [6, 6.07) is 3.01. The standard InChI is InChI=1S/C11H14Cl2N2O/c1-11(2,3)15-10(16)6-4-7(12)9(13)8(14)5-6/h4-5H,14H2,1-3H3,(H,15,16). The lowest BCUT2D eigenvalue weighted by Gasteiger charge is -2.20. The third-order valence-electron chi connectivity index (χ3n) is 1.81. The topological polar surface area (TPSA) is 55.1 Å². The van der Waals surface area contributed by atoms with Gasteiger partial charge in [0, 0.05) is 11.1 Å². The molecule has 3 N–H and O–H groups in total. The molecule has 0 radical (unpaired) electrons. The number of nitrogens with one attached hydrogen (secondary N) is 1. The Bertz CT molecular complexity index is 401. The molecule has 0 saturated carbocycles. The quantitative estimate of drug-likeness (QED) is 0.763. The van der Waals surface area contributed by atoms with Gasteiger partial charge in [0.05, 0.1) is 15.7 Å². The smallest absolute Gasteiger partial charge is 0.251 e. The highest BCUT2D eigenvalue weighted by atomic mass is 35.5. The van der Waals surface area contributed by atoms with Crippen LogP contribution in [0.3, 0.4) is 0 Å². The van der Waals surface area contributed by atoms with E-state index in [0.717, 1.165) is 0 Å². The van der Waals surface area contributed by atoms with Gasteiger partial charge in [-0.3, -0.25) is 4.79 Å². The van der Waals surface area contributed by atoms with Crippen LogP contribution in [0.1, 0.15) is 31.1 Å². The van der Waals surface area contributed by atoms with E-state index in [0.29, 0.717) is 11.3 Å². The van der Waals surface area contributed by atoms with E-state index < -0.39 is 0 Å². The summed E-state index contributed by atoms with van der Waals surface area (Å²) < 4.78 is 0. The summed E-state index contributed by atoms with van der Waals surface area (Å²) >= 11 is 11.6. The zero-order valence-electron chi connectivity index (χ0n) is 9.40. The van der Waals surface area contributed by atoms with E-state index in [1.165, 1.54) is 12.1 Å². The van der Waals surface area contributed by atoms with Gasteiger partial charge >= 0.3 is 0 Å². The molecule has 1 amide bonds. The molecular formula is C11H14Cl2N2O. The van der Waals surface area contributed by atoms with Crippen molar-refractivity contribution in [2.45, 2.75) is 26.3 Å². The van der Waals surface area contributed by atoms with E-state index >= 15 is 0 Å². The Hall–Kier alpha value is -0.930. The fourth-order valence-electron chi connectivity index (χ4n) is 1.15. The number of nitrogen functional groups attached to an aromatic ring is 1. The molecule has 0 aromatic heterocycles. The van der Waals surface area contributed by atoms with Gasteiger partial charge in [-0.05, 0) is 32.9 Å². The molecule has 5 heteroatoms. The second kappa shape index (κ2) is 4.52. The second-order valence-corrected chi connectivity index (χ2v) is 5.35. The number of nitrogens with two attached hydrogens (primary N) is 1. The van der Waals surface area contributed by atoms with Crippen LogP contribution in [-0.4, -0.2) is 11.4 Å². The van der Waals surface area contributed by atoms with Crippen molar-refractivity contribution in [2.75, 3.05) is 5.73 Å². The molecule has 1 rings (SSSR count). The number of rotatable bonds is 1. The van der Waals surface area contributed by atoms with Crippen LogP contribution in [0.25, 0.3) is 0 Å². The highest BCUT2D eigenvalue weighted by Crippen LogP contribution is 2.29. The number of hydrogen-bond acceptors (Lipinski definition) is 2. The number of hydrogen-bond donors (Lipinski definition) is 2. The molecule has 1 aromatic carbocycles. The average molecular weight is 261 g/mol. The monoisotopic (exact) mass is 260 g/mol. The molecule has 0 spiro atoms. The minimum absolute atomic E-state index is 0.224. The van der Waals surface area contributed by atoms with Crippen LogP contribution >= 0.6 is 23.2 Å². The Morgan fingerprint density at radius 3 is 2.31 bits per heavy atom. The average Bonchev–Trinajstić information content (AvgIpc) is 2.10. The molecule has 0 atom stereocenters. The maximum atomic E-state index is 11.8. The van der Waals surface area contributed by atoms with Gasteiger partial charge in [-0.1, -0.05) is 23.2 Å². The third kappa shape index (κ3) is 3.29. The second-order valence-electron chi connectivity index (χ2n) is 4.57. The summed E-state index contributed by atoms with van der Waals surface area (Å²) in [6.45, 7) is 5.68. The third-order valence-corrected chi connectivity index (χ3v) is 2.62. The number of carbonyl (C=O) groups is 1. The largest absolute Gasteiger partial charge is 0.397 e. The molecular weight excluding hydrogens is 247 g/mol. The van der Waals surface area contributed by atoms with Crippen molar-refractivity contribution in [1.82, 2.24) is 5.32 Å². The molecule has 16 heavy (non-hydrogen) atoms. The van der Waals surface area contributed by atoms with Gasteiger partial charge in [0.2, 0.25) is 0 Å². The van der Waals surface area contributed by atoms with E-state index in [2.05, 4.69) is 5.32 Å². The van der Waals surface area contributed by atoms with Gasteiger partial charge in [-0.15, -0.1) is 0 Å². The molecule has 0 unspecified atom stereocenters. The van der Waals surface area contributed by atoms with Crippen molar-refractivity contribution in [3.63, 3.8) is 0 Å². The zero-order valence-corrected chi connectivity index (χ0v) is 10.9. The Kier molecular flexibility index (Phi) is 3.71. The van der Waals surface area contributed by atoms with Crippen molar-refractivity contribution in [3.05, 3.63) is 27.7 Å². The van der Waals surface area contributed by atoms with E-state index in [9.17, 15) is 4.79 Å². The minimum Gasteiger partial charge on any atom is -0.397 e. The first-order chi connectivity index (χ1) is 7.20. The Morgan fingerprint density at radius 1 is 1.31 bits per heavy atom. The van der Waals surface area contributed by atoms with Gasteiger partial charge in [0.15, 0.2) is 0 Å². The van der Waals surface area contributed by atoms with Crippen LogP contribution in [0.2, 0.25) is 10.0 Å². The lowest BCUT2D eigenvalue weighted by atomic mass is 10.1. The molecule has 0 aliphatic rings. The molecule has 0 fully saturated rings. The summed E-state index contributed by atoms with van der Waals surface area (Å²) in [5.41, 5.74) is 6.02. The molecule has 88 valence electrons. The molecule has 1 aromatic rings. The summed E-state index contributed by atoms with van der Waals surface area (Å²) in [5.74, 6) is -0.224. The minimum atomic E-state index is -0.308. The predicted molar refractivity (Wildman–Crippen MR) is 68.1 cm³/mol. The Labute approximate surface area is 105 Å². The predicted octanol–water partition coefficient (Wildman–Crippen LogP) is 3.10. The van der Waals surface area contributed by atoms with E-state index in [1.807, 2.05) is 20.8 Å². The van der Waals surface area contributed by atoms with Crippen molar-refractivity contribution in [1.29, 1.82) is 0 Å². The lowest BCUT2D eigenvalue weighted by molar-refractivity contribution is 0.0919. The Morgan fingerprint density at radius 2 is 1.88 bits per heavy atom. The number of halogens is 2. The van der Waals surface area contributed by atoms with E-state index in [-0.39, 0.29) is 21.5 Å². The maximum absolute atomic E-state index is 11.8. The fraction of sp³-hybridized carbons (Fsp3) is 0.364. The normalized spacial score (nSPS) is 11.3. The number of anilines is 1. The zero-order chi connectivity index (χ0) is 12.5. The molecule has 3 nitrogen and oxygen atoms in total. The van der Waals surface area contributed by atoms with Crippen LogP contribution < -0.4 is 11.1 Å². The van der Waals surface area contributed by atoms with Gasteiger partial charge in [-0.2, -0.15) is 0 Å².